The second-order valence-corrected chi connectivity index (χ2v) is 9.06. The third-order valence-electron chi connectivity index (χ3n) is 5.95. The van der Waals surface area contributed by atoms with Crippen molar-refractivity contribution >= 4 is 34.5 Å². The van der Waals surface area contributed by atoms with E-state index in [-0.39, 0.29) is 24.6 Å². The van der Waals surface area contributed by atoms with Crippen LogP contribution in [-0.4, -0.2) is 43.2 Å². The SMILES string of the molecule is CC[C@H](CO)Nc1nc(NCc2ccc(-c3cccc(NC(C)=O)c3)cc2)c2ncn(C(C)C)c2n1. The Balaban J connectivity index is 1.55. The van der Waals surface area contributed by atoms with E-state index in [9.17, 15) is 9.90 Å². The van der Waals surface area contributed by atoms with Gasteiger partial charge < -0.3 is 25.6 Å². The Hall–Kier alpha value is -3.98. The normalized spacial score (nSPS) is 12.1. The summed E-state index contributed by atoms with van der Waals surface area (Å²) in [6, 6.07) is 16.1. The molecule has 4 rings (SSSR count). The van der Waals surface area contributed by atoms with E-state index in [1.54, 1.807) is 6.33 Å². The van der Waals surface area contributed by atoms with Gasteiger partial charge in [-0.2, -0.15) is 9.97 Å². The van der Waals surface area contributed by atoms with Gasteiger partial charge in [-0.25, -0.2) is 4.98 Å². The largest absolute Gasteiger partial charge is 0.394 e. The van der Waals surface area contributed by atoms with E-state index >= 15 is 0 Å². The summed E-state index contributed by atoms with van der Waals surface area (Å²) in [5, 5.41) is 19.1. The lowest BCUT2D eigenvalue weighted by Crippen LogP contribution is -2.24. The summed E-state index contributed by atoms with van der Waals surface area (Å²) in [7, 11) is 0. The van der Waals surface area contributed by atoms with Crippen LogP contribution in [0.25, 0.3) is 22.3 Å². The highest BCUT2D eigenvalue weighted by Gasteiger charge is 2.16. The van der Waals surface area contributed by atoms with Crippen molar-refractivity contribution in [1.82, 2.24) is 19.5 Å². The number of nitrogens with zero attached hydrogens (tertiary/aromatic N) is 4. The number of rotatable bonds is 10. The van der Waals surface area contributed by atoms with Gasteiger partial charge in [0, 0.05) is 25.2 Å². The summed E-state index contributed by atoms with van der Waals surface area (Å²) >= 11 is 0. The topological polar surface area (TPSA) is 117 Å². The molecule has 1 atom stereocenters. The fourth-order valence-corrected chi connectivity index (χ4v) is 3.92. The lowest BCUT2D eigenvalue weighted by atomic mass is 10.0. The molecule has 36 heavy (non-hydrogen) atoms. The zero-order valence-corrected chi connectivity index (χ0v) is 21.1. The smallest absolute Gasteiger partial charge is 0.227 e. The summed E-state index contributed by atoms with van der Waals surface area (Å²) in [6.07, 6.45) is 2.54. The van der Waals surface area contributed by atoms with Gasteiger partial charge in [-0.3, -0.25) is 4.79 Å². The van der Waals surface area contributed by atoms with E-state index in [4.69, 9.17) is 0 Å². The quantitative estimate of drug-likeness (QED) is 0.253. The molecule has 0 spiro atoms. The van der Waals surface area contributed by atoms with Crippen molar-refractivity contribution in [1.29, 1.82) is 0 Å². The van der Waals surface area contributed by atoms with Crippen molar-refractivity contribution in [2.24, 2.45) is 0 Å². The lowest BCUT2D eigenvalue weighted by Gasteiger charge is -2.16. The molecule has 0 aliphatic carbocycles. The first-order valence-electron chi connectivity index (χ1n) is 12.2. The maximum atomic E-state index is 11.4. The van der Waals surface area contributed by atoms with Gasteiger partial charge >= 0.3 is 0 Å². The molecule has 0 bridgehead atoms. The van der Waals surface area contributed by atoms with Crippen molar-refractivity contribution in [3.63, 3.8) is 0 Å². The van der Waals surface area contributed by atoms with Gasteiger partial charge in [-0.05, 0) is 49.1 Å². The first-order chi connectivity index (χ1) is 17.4. The van der Waals surface area contributed by atoms with Crippen LogP contribution in [0.1, 0.15) is 45.7 Å². The summed E-state index contributed by atoms with van der Waals surface area (Å²) in [6.45, 7) is 8.23. The van der Waals surface area contributed by atoms with E-state index < -0.39 is 0 Å². The van der Waals surface area contributed by atoms with Crippen LogP contribution in [0.15, 0.2) is 54.9 Å². The van der Waals surface area contributed by atoms with Crippen molar-refractivity contribution in [3.8, 4) is 11.1 Å². The third kappa shape index (κ3) is 5.80. The fourth-order valence-electron chi connectivity index (χ4n) is 3.92. The summed E-state index contributed by atoms with van der Waals surface area (Å²) in [5.41, 5.74) is 5.40. The third-order valence-corrected chi connectivity index (χ3v) is 5.95. The van der Waals surface area contributed by atoms with Crippen LogP contribution in [0.4, 0.5) is 17.5 Å². The molecule has 0 aliphatic heterocycles. The van der Waals surface area contributed by atoms with Crippen LogP contribution in [0, 0.1) is 0 Å². The molecular formula is C27H33N7O2. The number of hydrogen-bond acceptors (Lipinski definition) is 7. The first-order valence-corrected chi connectivity index (χ1v) is 12.2. The molecule has 0 saturated carbocycles. The monoisotopic (exact) mass is 487 g/mol. The highest BCUT2D eigenvalue weighted by Crippen LogP contribution is 2.26. The fraction of sp³-hybridized carbons (Fsp3) is 0.333. The zero-order valence-electron chi connectivity index (χ0n) is 21.1. The van der Waals surface area contributed by atoms with Gasteiger partial charge in [0.25, 0.3) is 0 Å². The number of aromatic nitrogens is 4. The summed E-state index contributed by atoms with van der Waals surface area (Å²) < 4.78 is 2.01. The molecule has 9 heteroatoms. The maximum Gasteiger partial charge on any atom is 0.227 e. The number of aliphatic hydroxyl groups is 1. The number of hydrogen-bond donors (Lipinski definition) is 4. The molecule has 4 N–H and O–H groups in total. The van der Waals surface area contributed by atoms with Crippen molar-refractivity contribution in [2.45, 2.75) is 52.7 Å². The van der Waals surface area contributed by atoms with E-state index in [2.05, 4.69) is 69.0 Å². The minimum absolute atomic E-state index is 0.00414. The standard InChI is InChI=1S/C27H33N7O2/c1-5-22(15-35)31-27-32-25(24-26(33-27)34(16-29-24)17(2)3)28-14-19-9-11-20(12-10-19)21-7-6-8-23(13-21)30-18(4)36/h6-13,16-17,22,35H,5,14-15H2,1-4H3,(H,30,36)(H2,28,31,32,33)/t22-/m1/s1. The van der Waals surface area contributed by atoms with Crippen molar-refractivity contribution in [3.05, 3.63) is 60.4 Å². The average Bonchev–Trinajstić information content (AvgIpc) is 3.30. The van der Waals surface area contributed by atoms with E-state index in [0.717, 1.165) is 34.4 Å². The second kappa shape index (κ2) is 11.2. The number of benzene rings is 2. The molecule has 2 aromatic carbocycles. The Bertz CT molecular complexity index is 1330. The number of fused-ring (bicyclic) bond motifs is 1. The van der Waals surface area contributed by atoms with Crippen LogP contribution in [-0.2, 0) is 11.3 Å². The first kappa shape index (κ1) is 25.1. The summed E-state index contributed by atoms with van der Waals surface area (Å²) in [5.74, 6) is 1.01. The van der Waals surface area contributed by atoms with Gasteiger partial charge in [-0.15, -0.1) is 0 Å². The molecule has 2 heterocycles. The molecule has 0 radical (unpaired) electrons. The predicted molar refractivity (Wildman–Crippen MR) is 144 cm³/mol. The molecule has 0 saturated heterocycles. The van der Waals surface area contributed by atoms with Gasteiger partial charge in [-0.1, -0.05) is 43.3 Å². The highest BCUT2D eigenvalue weighted by atomic mass is 16.3. The molecule has 4 aromatic rings. The van der Waals surface area contributed by atoms with Crippen LogP contribution in [0.3, 0.4) is 0 Å². The van der Waals surface area contributed by atoms with Crippen LogP contribution >= 0.6 is 0 Å². The minimum Gasteiger partial charge on any atom is -0.394 e. The Morgan fingerprint density at radius 3 is 2.53 bits per heavy atom. The second-order valence-electron chi connectivity index (χ2n) is 9.06. The highest BCUT2D eigenvalue weighted by molar-refractivity contribution is 5.89. The Morgan fingerprint density at radius 1 is 1.08 bits per heavy atom. The molecule has 9 nitrogen and oxygen atoms in total. The van der Waals surface area contributed by atoms with Gasteiger partial charge in [0.05, 0.1) is 19.0 Å². The van der Waals surface area contributed by atoms with Gasteiger partial charge in [0.1, 0.15) is 0 Å². The Morgan fingerprint density at radius 2 is 1.86 bits per heavy atom. The van der Waals surface area contributed by atoms with Crippen molar-refractivity contribution in [2.75, 3.05) is 22.6 Å². The summed E-state index contributed by atoms with van der Waals surface area (Å²) in [4.78, 5) is 25.3. The Labute approximate surface area is 211 Å². The maximum absolute atomic E-state index is 11.4. The number of anilines is 3. The average molecular weight is 488 g/mol. The molecular weight excluding hydrogens is 454 g/mol. The zero-order chi connectivity index (χ0) is 25.7. The predicted octanol–water partition coefficient (Wildman–Crippen LogP) is 4.83. The van der Waals surface area contributed by atoms with Gasteiger partial charge in [0.2, 0.25) is 11.9 Å². The molecule has 1 amide bonds. The molecule has 0 aliphatic rings. The lowest BCUT2D eigenvalue weighted by molar-refractivity contribution is -0.114. The molecule has 188 valence electrons. The number of carbonyl (C=O) groups is 1. The van der Waals surface area contributed by atoms with Crippen LogP contribution < -0.4 is 16.0 Å². The van der Waals surface area contributed by atoms with E-state index in [1.807, 2.05) is 35.8 Å². The minimum atomic E-state index is -0.123. The molecule has 0 unspecified atom stereocenters. The number of aliphatic hydroxyl groups excluding tert-OH is 1. The number of carbonyl (C=O) groups excluding carboxylic acids is 1. The molecule has 2 aromatic heterocycles. The van der Waals surface area contributed by atoms with Crippen LogP contribution in [0.5, 0.6) is 0 Å². The van der Waals surface area contributed by atoms with E-state index in [0.29, 0.717) is 23.8 Å². The number of nitrogens with one attached hydrogen (secondary N) is 3. The van der Waals surface area contributed by atoms with Crippen LogP contribution in [0.2, 0.25) is 0 Å². The van der Waals surface area contributed by atoms with Crippen molar-refractivity contribution < 1.29 is 9.90 Å². The number of amides is 1. The molecule has 0 fully saturated rings. The van der Waals surface area contributed by atoms with Gasteiger partial charge in [0.15, 0.2) is 17.0 Å². The Kier molecular flexibility index (Phi) is 7.80. The number of imidazole rings is 1. The van der Waals surface area contributed by atoms with E-state index in [1.165, 1.54) is 6.92 Å².